The normalized spacial score (nSPS) is 20.2. The van der Waals surface area contributed by atoms with Crippen molar-refractivity contribution in [2.24, 2.45) is 5.92 Å². The van der Waals surface area contributed by atoms with Crippen LogP contribution in [0.25, 0.3) is 0 Å². The Kier molecular flexibility index (Phi) is 4.07. The molecular weight excluding hydrogens is 256 g/mol. The van der Waals surface area contributed by atoms with Gasteiger partial charge in [0, 0.05) is 13.1 Å². The molecule has 0 aromatic carbocycles. The van der Waals surface area contributed by atoms with Crippen molar-refractivity contribution in [2.45, 2.75) is 19.4 Å². The lowest BCUT2D eigenvalue weighted by atomic mass is 9.98. The lowest BCUT2D eigenvalue weighted by Crippen LogP contribution is -2.36. The van der Waals surface area contributed by atoms with Crippen LogP contribution in [0.3, 0.4) is 0 Å². The van der Waals surface area contributed by atoms with E-state index in [9.17, 15) is 4.79 Å². The standard InChI is InChI=1S/C12H16N2OS.ClH/c15-12-11-10(3-6-16-11)8-14(12)7-9-1-4-13-5-2-9;/h3,6,9,13H,1-2,4-5,7-8H2;1H. The minimum absolute atomic E-state index is 0. The first-order valence-corrected chi connectivity index (χ1v) is 6.79. The number of rotatable bonds is 2. The summed E-state index contributed by atoms with van der Waals surface area (Å²) in [4.78, 5) is 15.0. The van der Waals surface area contributed by atoms with Crippen molar-refractivity contribution in [3.63, 3.8) is 0 Å². The smallest absolute Gasteiger partial charge is 0.264 e. The fourth-order valence-electron chi connectivity index (χ4n) is 2.59. The number of piperidine rings is 1. The topological polar surface area (TPSA) is 32.3 Å². The van der Waals surface area contributed by atoms with Gasteiger partial charge in [0.05, 0.1) is 4.88 Å². The van der Waals surface area contributed by atoms with Crippen LogP contribution >= 0.6 is 23.7 Å². The summed E-state index contributed by atoms with van der Waals surface area (Å²) in [7, 11) is 0. The van der Waals surface area contributed by atoms with Crippen molar-refractivity contribution < 1.29 is 4.79 Å². The van der Waals surface area contributed by atoms with Gasteiger partial charge < -0.3 is 10.2 Å². The average molecular weight is 273 g/mol. The second kappa shape index (κ2) is 5.38. The number of nitrogens with one attached hydrogen (secondary N) is 1. The molecule has 2 aliphatic rings. The molecule has 0 atom stereocenters. The molecule has 1 aromatic heterocycles. The number of hydrogen-bond donors (Lipinski definition) is 1. The zero-order chi connectivity index (χ0) is 11.0. The van der Waals surface area contributed by atoms with Gasteiger partial charge >= 0.3 is 0 Å². The maximum absolute atomic E-state index is 12.1. The SMILES string of the molecule is Cl.O=C1c2sccc2CN1CC1CCNCC1. The van der Waals surface area contributed by atoms with Crippen molar-refractivity contribution >= 4 is 29.7 Å². The van der Waals surface area contributed by atoms with E-state index in [2.05, 4.69) is 11.4 Å². The Bertz CT molecular complexity index is 401. The molecule has 0 aliphatic carbocycles. The largest absolute Gasteiger partial charge is 0.333 e. The van der Waals surface area contributed by atoms with Crippen LogP contribution in [0.15, 0.2) is 11.4 Å². The molecule has 0 bridgehead atoms. The van der Waals surface area contributed by atoms with E-state index in [1.54, 1.807) is 11.3 Å². The van der Waals surface area contributed by atoms with E-state index in [0.29, 0.717) is 5.92 Å². The van der Waals surface area contributed by atoms with Crippen LogP contribution in [0.4, 0.5) is 0 Å². The van der Waals surface area contributed by atoms with Crippen LogP contribution in [0.1, 0.15) is 28.1 Å². The lowest BCUT2D eigenvalue weighted by Gasteiger charge is -2.27. The van der Waals surface area contributed by atoms with Crippen molar-refractivity contribution in [3.05, 3.63) is 21.9 Å². The van der Waals surface area contributed by atoms with Crippen molar-refractivity contribution in [2.75, 3.05) is 19.6 Å². The Morgan fingerprint density at radius 3 is 2.88 bits per heavy atom. The number of hydrogen-bond acceptors (Lipinski definition) is 3. The number of carbonyl (C=O) groups is 1. The summed E-state index contributed by atoms with van der Waals surface area (Å²) < 4.78 is 0. The summed E-state index contributed by atoms with van der Waals surface area (Å²) in [6.45, 7) is 3.99. The van der Waals surface area contributed by atoms with E-state index in [-0.39, 0.29) is 18.3 Å². The molecule has 1 N–H and O–H groups in total. The molecule has 0 saturated carbocycles. The van der Waals surface area contributed by atoms with E-state index in [0.717, 1.165) is 31.1 Å². The Morgan fingerprint density at radius 2 is 2.18 bits per heavy atom. The van der Waals surface area contributed by atoms with E-state index in [1.165, 1.54) is 18.4 Å². The second-order valence-corrected chi connectivity index (χ2v) is 5.57. The first-order chi connectivity index (χ1) is 7.84. The van der Waals surface area contributed by atoms with Gasteiger partial charge in [0.1, 0.15) is 0 Å². The number of halogens is 1. The van der Waals surface area contributed by atoms with Crippen molar-refractivity contribution in [1.82, 2.24) is 10.2 Å². The van der Waals surface area contributed by atoms with E-state index in [1.807, 2.05) is 10.3 Å². The van der Waals surface area contributed by atoms with Gasteiger partial charge in [-0.25, -0.2) is 0 Å². The molecule has 3 heterocycles. The summed E-state index contributed by atoms with van der Waals surface area (Å²) in [5, 5.41) is 5.38. The highest BCUT2D eigenvalue weighted by Gasteiger charge is 2.30. The monoisotopic (exact) mass is 272 g/mol. The number of fused-ring (bicyclic) bond motifs is 1. The second-order valence-electron chi connectivity index (χ2n) is 4.65. The van der Waals surface area contributed by atoms with Crippen LogP contribution in [-0.4, -0.2) is 30.4 Å². The number of nitrogens with zero attached hydrogens (tertiary/aromatic N) is 1. The molecule has 2 aliphatic heterocycles. The third kappa shape index (κ3) is 2.49. The Hall–Kier alpha value is -0.580. The summed E-state index contributed by atoms with van der Waals surface area (Å²) in [5.41, 5.74) is 1.23. The van der Waals surface area contributed by atoms with E-state index >= 15 is 0 Å². The van der Waals surface area contributed by atoms with Crippen LogP contribution in [-0.2, 0) is 6.54 Å². The Balaban J connectivity index is 0.00000108. The van der Waals surface area contributed by atoms with Crippen molar-refractivity contribution in [1.29, 1.82) is 0 Å². The molecule has 3 rings (SSSR count). The predicted molar refractivity (Wildman–Crippen MR) is 71.9 cm³/mol. The van der Waals surface area contributed by atoms with Gasteiger partial charge in [-0.1, -0.05) is 0 Å². The molecule has 5 heteroatoms. The molecule has 1 saturated heterocycles. The van der Waals surface area contributed by atoms with Gasteiger partial charge in [0.25, 0.3) is 5.91 Å². The minimum Gasteiger partial charge on any atom is -0.333 e. The molecular formula is C12H17ClN2OS. The molecule has 0 unspecified atom stereocenters. The Morgan fingerprint density at radius 1 is 1.41 bits per heavy atom. The quantitative estimate of drug-likeness (QED) is 0.895. The van der Waals surface area contributed by atoms with Gasteiger partial charge in [0.15, 0.2) is 0 Å². The van der Waals surface area contributed by atoms with Crippen molar-refractivity contribution in [3.8, 4) is 0 Å². The summed E-state index contributed by atoms with van der Waals surface area (Å²) in [6, 6.07) is 2.08. The highest BCUT2D eigenvalue weighted by molar-refractivity contribution is 7.12. The van der Waals surface area contributed by atoms with Gasteiger partial charge in [0.2, 0.25) is 0 Å². The summed E-state index contributed by atoms with van der Waals surface area (Å²) in [5.74, 6) is 0.947. The lowest BCUT2D eigenvalue weighted by molar-refractivity contribution is 0.0743. The number of amides is 1. The van der Waals surface area contributed by atoms with E-state index < -0.39 is 0 Å². The van der Waals surface area contributed by atoms with Crippen LogP contribution < -0.4 is 5.32 Å². The first-order valence-electron chi connectivity index (χ1n) is 5.91. The molecule has 1 fully saturated rings. The predicted octanol–water partition coefficient (Wildman–Crippen LogP) is 2.13. The molecule has 3 nitrogen and oxygen atoms in total. The third-order valence-corrected chi connectivity index (χ3v) is 4.47. The average Bonchev–Trinajstić information content (AvgIpc) is 2.86. The highest BCUT2D eigenvalue weighted by Crippen LogP contribution is 2.29. The van der Waals surface area contributed by atoms with Gasteiger partial charge in [-0.05, 0) is 48.9 Å². The van der Waals surface area contributed by atoms with Gasteiger partial charge in [-0.3, -0.25) is 4.79 Å². The first kappa shape index (κ1) is 12.9. The minimum atomic E-state index is 0. The third-order valence-electron chi connectivity index (χ3n) is 3.53. The number of thiophene rings is 1. The van der Waals surface area contributed by atoms with Crippen LogP contribution in [0.2, 0.25) is 0 Å². The molecule has 94 valence electrons. The highest BCUT2D eigenvalue weighted by atomic mass is 35.5. The van der Waals surface area contributed by atoms with Crippen LogP contribution in [0.5, 0.6) is 0 Å². The van der Waals surface area contributed by atoms with Gasteiger partial charge in [-0.15, -0.1) is 23.7 Å². The molecule has 0 spiro atoms. The van der Waals surface area contributed by atoms with Crippen LogP contribution in [0, 0.1) is 5.92 Å². The molecule has 1 aromatic rings. The number of carbonyl (C=O) groups excluding carboxylic acids is 1. The molecule has 17 heavy (non-hydrogen) atoms. The maximum atomic E-state index is 12.1. The summed E-state index contributed by atoms with van der Waals surface area (Å²) >= 11 is 1.58. The van der Waals surface area contributed by atoms with E-state index in [4.69, 9.17) is 0 Å². The molecule has 1 amide bonds. The van der Waals surface area contributed by atoms with Gasteiger partial charge in [-0.2, -0.15) is 0 Å². The molecule has 0 radical (unpaired) electrons. The Labute approximate surface area is 112 Å². The fourth-order valence-corrected chi connectivity index (χ4v) is 3.47. The zero-order valence-corrected chi connectivity index (χ0v) is 11.3. The zero-order valence-electron chi connectivity index (χ0n) is 9.65. The maximum Gasteiger partial charge on any atom is 0.264 e. The fraction of sp³-hybridized carbons (Fsp3) is 0.583. The summed E-state index contributed by atoms with van der Waals surface area (Å²) in [6.07, 6.45) is 2.41.